The van der Waals surface area contributed by atoms with Crippen LogP contribution in [0.1, 0.15) is 15.9 Å². The van der Waals surface area contributed by atoms with Crippen molar-refractivity contribution in [2.24, 2.45) is 0 Å². The summed E-state index contributed by atoms with van der Waals surface area (Å²) in [5, 5.41) is 11.5. The summed E-state index contributed by atoms with van der Waals surface area (Å²) < 4.78 is 0. The lowest BCUT2D eigenvalue weighted by molar-refractivity contribution is 0.102. The number of hydrogen-bond acceptors (Lipinski definition) is 4. The Labute approximate surface area is 137 Å². The molecule has 0 spiro atoms. The minimum atomic E-state index is -0.454. The third-order valence-corrected chi connectivity index (χ3v) is 3.42. The van der Waals surface area contributed by atoms with Crippen LogP contribution in [-0.2, 0) is 0 Å². The van der Waals surface area contributed by atoms with E-state index in [1.165, 1.54) is 6.07 Å². The fourth-order valence-corrected chi connectivity index (χ4v) is 2.21. The number of nitriles is 1. The van der Waals surface area contributed by atoms with Gasteiger partial charge in [0.1, 0.15) is 5.69 Å². The number of hydrogen-bond donors (Lipinski definition) is 2. The first-order valence-corrected chi connectivity index (χ1v) is 7.12. The van der Waals surface area contributed by atoms with Crippen LogP contribution in [0.4, 0.5) is 5.69 Å². The van der Waals surface area contributed by atoms with Crippen LogP contribution in [0.15, 0.2) is 65.8 Å². The van der Waals surface area contributed by atoms with E-state index in [1.807, 2.05) is 6.07 Å². The number of carbonyl (C=O) groups is 1. The van der Waals surface area contributed by atoms with E-state index < -0.39 is 11.5 Å². The summed E-state index contributed by atoms with van der Waals surface area (Å²) in [5.74, 6) is -0.454. The van der Waals surface area contributed by atoms with Gasteiger partial charge in [-0.3, -0.25) is 14.6 Å². The quantitative estimate of drug-likeness (QED) is 0.775. The van der Waals surface area contributed by atoms with Crippen molar-refractivity contribution >= 4 is 11.6 Å². The Balaban J connectivity index is 1.91. The number of rotatable bonds is 3. The maximum atomic E-state index is 12.3. The first-order valence-electron chi connectivity index (χ1n) is 7.12. The molecule has 0 aliphatic carbocycles. The number of carbonyl (C=O) groups excluding carboxylic acids is 1. The topological polar surface area (TPSA) is 98.6 Å². The largest absolute Gasteiger partial charge is 0.327 e. The standard InChI is InChI=1S/C18H12N4O2/c19-10-12-2-1-3-14(8-12)17(23)22-16-9-15(11-21-18(16)24)13-4-6-20-7-5-13/h1-9,11H,(H,21,24)(H,22,23). The van der Waals surface area contributed by atoms with Crippen molar-refractivity contribution in [1.29, 1.82) is 5.26 Å². The van der Waals surface area contributed by atoms with Gasteiger partial charge in [-0.1, -0.05) is 6.07 Å². The summed E-state index contributed by atoms with van der Waals surface area (Å²) in [7, 11) is 0. The molecule has 0 atom stereocenters. The highest BCUT2D eigenvalue weighted by molar-refractivity contribution is 6.04. The zero-order chi connectivity index (χ0) is 16.9. The average Bonchev–Trinajstić information content (AvgIpc) is 2.64. The van der Waals surface area contributed by atoms with Gasteiger partial charge in [-0.15, -0.1) is 0 Å². The zero-order valence-corrected chi connectivity index (χ0v) is 12.5. The highest BCUT2D eigenvalue weighted by Crippen LogP contribution is 2.19. The van der Waals surface area contributed by atoms with Gasteiger partial charge in [-0.2, -0.15) is 5.26 Å². The molecular formula is C18H12N4O2. The van der Waals surface area contributed by atoms with Crippen LogP contribution in [0, 0.1) is 11.3 Å². The van der Waals surface area contributed by atoms with Crippen molar-refractivity contribution in [3.05, 3.63) is 82.5 Å². The fourth-order valence-electron chi connectivity index (χ4n) is 2.21. The van der Waals surface area contributed by atoms with Crippen molar-refractivity contribution in [3.8, 4) is 17.2 Å². The number of benzene rings is 1. The highest BCUT2D eigenvalue weighted by atomic mass is 16.2. The molecule has 0 saturated carbocycles. The summed E-state index contributed by atoms with van der Waals surface area (Å²) in [6.45, 7) is 0. The number of aromatic nitrogens is 2. The molecule has 0 aliphatic rings. The van der Waals surface area contributed by atoms with Gasteiger partial charge in [-0.25, -0.2) is 0 Å². The Morgan fingerprint density at radius 2 is 1.92 bits per heavy atom. The molecule has 24 heavy (non-hydrogen) atoms. The first-order chi connectivity index (χ1) is 11.7. The predicted octanol–water partition coefficient (Wildman–Crippen LogP) is 2.56. The molecule has 0 bridgehead atoms. The SMILES string of the molecule is N#Cc1cccc(C(=O)Nc2cc(-c3ccncc3)c[nH]c2=O)c1. The van der Waals surface area contributed by atoms with E-state index in [2.05, 4.69) is 15.3 Å². The molecule has 0 aliphatic heterocycles. The van der Waals surface area contributed by atoms with Gasteiger partial charge in [0, 0.05) is 29.7 Å². The molecule has 3 aromatic rings. The molecule has 1 amide bonds. The van der Waals surface area contributed by atoms with Crippen molar-refractivity contribution in [1.82, 2.24) is 9.97 Å². The third-order valence-electron chi connectivity index (χ3n) is 3.42. The molecule has 3 rings (SSSR count). The van der Waals surface area contributed by atoms with Crippen LogP contribution in [-0.4, -0.2) is 15.9 Å². The molecule has 0 unspecified atom stereocenters. The van der Waals surface area contributed by atoms with Crippen molar-refractivity contribution in [3.63, 3.8) is 0 Å². The number of pyridine rings is 2. The Bertz CT molecular complexity index is 988. The van der Waals surface area contributed by atoms with Gasteiger partial charge >= 0.3 is 0 Å². The Kier molecular flexibility index (Phi) is 4.17. The van der Waals surface area contributed by atoms with Crippen LogP contribution >= 0.6 is 0 Å². The molecule has 2 N–H and O–H groups in total. The minimum Gasteiger partial charge on any atom is -0.327 e. The summed E-state index contributed by atoms with van der Waals surface area (Å²) >= 11 is 0. The van der Waals surface area contributed by atoms with E-state index in [0.29, 0.717) is 11.1 Å². The van der Waals surface area contributed by atoms with E-state index in [-0.39, 0.29) is 5.69 Å². The van der Waals surface area contributed by atoms with Crippen molar-refractivity contribution in [2.75, 3.05) is 5.32 Å². The summed E-state index contributed by atoms with van der Waals surface area (Å²) in [5.41, 5.74) is 2.03. The minimum absolute atomic E-state index is 0.136. The molecule has 0 radical (unpaired) electrons. The number of nitrogens with one attached hydrogen (secondary N) is 2. The molecule has 116 valence electrons. The predicted molar refractivity (Wildman–Crippen MR) is 89.4 cm³/mol. The number of aromatic amines is 1. The maximum Gasteiger partial charge on any atom is 0.271 e. The van der Waals surface area contributed by atoms with Crippen LogP contribution in [0.25, 0.3) is 11.1 Å². The summed E-state index contributed by atoms with van der Waals surface area (Å²) in [6, 6.07) is 13.4. The van der Waals surface area contributed by atoms with Crippen molar-refractivity contribution < 1.29 is 4.79 Å². The van der Waals surface area contributed by atoms with Crippen LogP contribution in [0.3, 0.4) is 0 Å². The van der Waals surface area contributed by atoms with E-state index in [1.54, 1.807) is 55.0 Å². The molecule has 6 heteroatoms. The Morgan fingerprint density at radius 1 is 1.12 bits per heavy atom. The van der Waals surface area contributed by atoms with E-state index in [9.17, 15) is 9.59 Å². The molecule has 6 nitrogen and oxygen atoms in total. The monoisotopic (exact) mass is 316 g/mol. The maximum absolute atomic E-state index is 12.3. The van der Waals surface area contributed by atoms with Crippen LogP contribution in [0.2, 0.25) is 0 Å². The molecule has 0 saturated heterocycles. The van der Waals surface area contributed by atoms with E-state index >= 15 is 0 Å². The summed E-state index contributed by atoms with van der Waals surface area (Å²) in [6.07, 6.45) is 4.86. The smallest absolute Gasteiger partial charge is 0.271 e. The molecule has 2 heterocycles. The Hall–Kier alpha value is -3.72. The lowest BCUT2D eigenvalue weighted by Crippen LogP contribution is -2.19. The second-order valence-electron chi connectivity index (χ2n) is 5.01. The van der Waals surface area contributed by atoms with Crippen LogP contribution < -0.4 is 10.9 Å². The molecular weight excluding hydrogens is 304 g/mol. The van der Waals surface area contributed by atoms with Gasteiger partial charge < -0.3 is 10.3 Å². The third kappa shape index (κ3) is 3.20. The normalized spacial score (nSPS) is 9.96. The van der Waals surface area contributed by atoms with Gasteiger partial charge in [-0.05, 0) is 42.0 Å². The van der Waals surface area contributed by atoms with Crippen LogP contribution in [0.5, 0.6) is 0 Å². The van der Waals surface area contributed by atoms with Gasteiger partial charge in [0.25, 0.3) is 11.5 Å². The number of amides is 1. The molecule has 2 aromatic heterocycles. The first kappa shape index (κ1) is 15.2. The summed E-state index contributed by atoms with van der Waals surface area (Å²) in [4.78, 5) is 30.8. The lowest BCUT2D eigenvalue weighted by atomic mass is 10.1. The zero-order valence-electron chi connectivity index (χ0n) is 12.5. The fraction of sp³-hybridized carbons (Fsp3) is 0. The second kappa shape index (κ2) is 6.58. The van der Waals surface area contributed by atoms with Crippen molar-refractivity contribution in [2.45, 2.75) is 0 Å². The average molecular weight is 316 g/mol. The number of nitrogens with zero attached hydrogens (tertiary/aromatic N) is 2. The number of H-pyrrole nitrogens is 1. The second-order valence-corrected chi connectivity index (χ2v) is 5.01. The lowest BCUT2D eigenvalue weighted by Gasteiger charge is -2.07. The van der Waals surface area contributed by atoms with Gasteiger partial charge in [0.2, 0.25) is 0 Å². The van der Waals surface area contributed by atoms with E-state index in [4.69, 9.17) is 5.26 Å². The Morgan fingerprint density at radius 3 is 2.67 bits per heavy atom. The van der Waals surface area contributed by atoms with E-state index in [0.717, 1.165) is 11.1 Å². The molecule has 1 aromatic carbocycles. The number of anilines is 1. The van der Waals surface area contributed by atoms with Gasteiger partial charge in [0.05, 0.1) is 11.6 Å². The van der Waals surface area contributed by atoms with Gasteiger partial charge in [0.15, 0.2) is 0 Å². The highest BCUT2D eigenvalue weighted by Gasteiger charge is 2.10. The molecule has 0 fully saturated rings.